The third-order valence-electron chi connectivity index (χ3n) is 6.25. The Balaban J connectivity index is 1.33. The molecule has 38 heavy (non-hydrogen) atoms. The van der Waals surface area contributed by atoms with Crippen LogP contribution in [-0.2, 0) is 16.4 Å². The summed E-state index contributed by atoms with van der Waals surface area (Å²) in [6, 6.07) is 21.4. The van der Waals surface area contributed by atoms with E-state index in [4.69, 9.17) is 17.0 Å². The number of hydrogen-bond acceptors (Lipinski definition) is 5. The molecule has 0 unspecified atom stereocenters. The standard InChI is InChI=1S/C28H30BrN3O4S2/c29-21-11-16-26(36-18-17-20-7-3-1-4-8-20)25(19-21)27(33)31-28(37)30-22-12-14-24(15-13-22)38(34,35)32-23-9-5-2-6-10-23/h1,3-4,7-8,11-16,19,23,32H,2,5-6,9-10,17-18H2,(H2,30,31,33,37). The molecule has 1 fully saturated rings. The fraction of sp³-hybridized carbons (Fsp3) is 0.286. The van der Waals surface area contributed by atoms with E-state index < -0.39 is 15.9 Å². The van der Waals surface area contributed by atoms with Gasteiger partial charge in [0.25, 0.3) is 5.91 Å². The Kier molecular flexibility index (Phi) is 9.90. The van der Waals surface area contributed by atoms with E-state index in [1.165, 1.54) is 12.1 Å². The molecular formula is C28H30BrN3O4S2. The van der Waals surface area contributed by atoms with Crippen LogP contribution in [0, 0.1) is 0 Å². The van der Waals surface area contributed by atoms with Gasteiger partial charge in [-0.15, -0.1) is 0 Å². The van der Waals surface area contributed by atoms with Crippen molar-refractivity contribution in [2.75, 3.05) is 11.9 Å². The van der Waals surface area contributed by atoms with Gasteiger partial charge in [0.15, 0.2) is 5.11 Å². The molecular weight excluding hydrogens is 586 g/mol. The molecule has 10 heteroatoms. The number of halogens is 1. The molecule has 1 amide bonds. The van der Waals surface area contributed by atoms with Gasteiger partial charge >= 0.3 is 0 Å². The summed E-state index contributed by atoms with van der Waals surface area (Å²) in [5, 5.41) is 5.69. The number of nitrogens with one attached hydrogen (secondary N) is 3. The number of ether oxygens (including phenoxy) is 1. The summed E-state index contributed by atoms with van der Waals surface area (Å²) in [7, 11) is -3.59. The van der Waals surface area contributed by atoms with Gasteiger partial charge in [-0.25, -0.2) is 13.1 Å². The molecule has 3 N–H and O–H groups in total. The fourth-order valence-corrected chi connectivity index (χ4v) is 6.16. The van der Waals surface area contributed by atoms with Crippen molar-refractivity contribution in [3.05, 3.63) is 88.4 Å². The van der Waals surface area contributed by atoms with E-state index in [-0.39, 0.29) is 16.0 Å². The van der Waals surface area contributed by atoms with Gasteiger partial charge in [0, 0.05) is 22.6 Å². The van der Waals surface area contributed by atoms with Crippen molar-refractivity contribution in [2.45, 2.75) is 49.5 Å². The third-order valence-corrected chi connectivity index (χ3v) is 8.49. The lowest BCUT2D eigenvalue weighted by atomic mass is 9.96. The zero-order valence-electron chi connectivity index (χ0n) is 20.8. The normalized spacial score (nSPS) is 14.0. The Morgan fingerprint density at radius 3 is 2.39 bits per heavy atom. The number of hydrogen-bond donors (Lipinski definition) is 3. The van der Waals surface area contributed by atoms with Crippen molar-refractivity contribution in [1.29, 1.82) is 0 Å². The summed E-state index contributed by atoms with van der Waals surface area (Å²) >= 11 is 8.73. The van der Waals surface area contributed by atoms with E-state index in [9.17, 15) is 13.2 Å². The summed E-state index contributed by atoms with van der Waals surface area (Å²) in [6.45, 7) is 0.416. The third kappa shape index (κ3) is 8.10. The highest BCUT2D eigenvalue weighted by molar-refractivity contribution is 9.10. The van der Waals surface area contributed by atoms with E-state index in [1.807, 2.05) is 36.4 Å². The molecule has 3 aromatic carbocycles. The molecule has 0 saturated heterocycles. The molecule has 0 bridgehead atoms. The Morgan fingerprint density at radius 1 is 0.974 bits per heavy atom. The first-order valence-electron chi connectivity index (χ1n) is 12.5. The summed E-state index contributed by atoms with van der Waals surface area (Å²) in [6.07, 6.45) is 5.68. The van der Waals surface area contributed by atoms with Crippen molar-refractivity contribution >= 4 is 54.9 Å². The summed E-state index contributed by atoms with van der Waals surface area (Å²) in [4.78, 5) is 13.2. The van der Waals surface area contributed by atoms with Crippen molar-refractivity contribution in [1.82, 2.24) is 10.0 Å². The van der Waals surface area contributed by atoms with E-state index in [0.717, 1.165) is 42.1 Å². The number of thiocarbonyl (C=S) groups is 1. The quantitative estimate of drug-likeness (QED) is 0.263. The van der Waals surface area contributed by atoms with Crippen molar-refractivity contribution in [3.8, 4) is 5.75 Å². The van der Waals surface area contributed by atoms with E-state index in [2.05, 4.69) is 31.3 Å². The SMILES string of the molecule is O=C(NC(=S)Nc1ccc(S(=O)(=O)NC2CCCCC2)cc1)c1cc(Br)ccc1OCCc1ccccc1. The molecule has 1 aliphatic rings. The summed E-state index contributed by atoms with van der Waals surface area (Å²) < 4.78 is 34.9. The molecule has 0 spiro atoms. The van der Waals surface area contributed by atoms with Crippen LogP contribution < -0.4 is 20.1 Å². The number of carbonyl (C=O) groups is 1. The minimum absolute atomic E-state index is 0.0143. The maximum absolute atomic E-state index is 13.0. The second-order valence-electron chi connectivity index (χ2n) is 9.11. The fourth-order valence-electron chi connectivity index (χ4n) is 4.29. The predicted octanol–water partition coefficient (Wildman–Crippen LogP) is 5.81. The highest BCUT2D eigenvalue weighted by Gasteiger charge is 2.22. The van der Waals surface area contributed by atoms with Crippen molar-refractivity contribution in [2.24, 2.45) is 0 Å². The zero-order valence-corrected chi connectivity index (χ0v) is 24.0. The second kappa shape index (κ2) is 13.3. The number of carbonyl (C=O) groups excluding carboxylic acids is 1. The predicted molar refractivity (Wildman–Crippen MR) is 157 cm³/mol. The van der Waals surface area contributed by atoms with E-state index in [1.54, 1.807) is 24.3 Å². The lowest BCUT2D eigenvalue weighted by Crippen LogP contribution is -2.36. The molecule has 0 radical (unpaired) electrons. The van der Waals surface area contributed by atoms with Gasteiger partial charge < -0.3 is 10.1 Å². The maximum Gasteiger partial charge on any atom is 0.261 e. The molecule has 3 aromatic rings. The molecule has 1 aliphatic carbocycles. The molecule has 0 aliphatic heterocycles. The van der Waals surface area contributed by atoms with Crippen LogP contribution in [0.1, 0.15) is 48.0 Å². The summed E-state index contributed by atoms with van der Waals surface area (Å²) in [5.41, 5.74) is 2.04. The first-order chi connectivity index (χ1) is 18.3. The second-order valence-corrected chi connectivity index (χ2v) is 12.2. The van der Waals surface area contributed by atoms with Crippen LogP contribution in [-0.4, -0.2) is 32.1 Å². The first kappa shape index (κ1) is 28.2. The van der Waals surface area contributed by atoms with Crippen LogP contribution in [0.2, 0.25) is 0 Å². The minimum atomic E-state index is -3.59. The molecule has 4 rings (SSSR count). The number of benzene rings is 3. The number of sulfonamides is 1. The van der Waals surface area contributed by atoms with Crippen LogP contribution in [0.3, 0.4) is 0 Å². The van der Waals surface area contributed by atoms with E-state index in [0.29, 0.717) is 30.0 Å². The van der Waals surface area contributed by atoms with Gasteiger partial charge in [-0.3, -0.25) is 10.1 Å². The van der Waals surface area contributed by atoms with Crippen LogP contribution in [0.25, 0.3) is 0 Å². The number of rotatable bonds is 9. The number of amides is 1. The topological polar surface area (TPSA) is 96.5 Å². The average molecular weight is 617 g/mol. The van der Waals surface area contributed by atoms with Gasteiger partial charge in [-0.1, -0.05) is 65.5 Å². The average Bonchev–Trinajstić information content (AvgIpc) is 2.90. The molecule has 0 atom stereocenters. The maximum atomic E-state index is 13.0. The van der Waals surface area contributed by atoms with Crippen LogP contribution >= 0.6 is 28.1 Å². The number of anilines is 1. The highest BCUT2D eigenvalue weighted by Crippen LogP contribution is 2.24. The van der Waals surface area contributed by atoms with Gasteiger partial charge in [-0.05, 0) is 73.1 Å². The Bertz CT molecular complexity index is 1360. The van der Waals surface area contributed by atoms with Gasteiger partial charge in [0.2, 0.25) is 10.0 Å². The minimum Gasteiger partial charge on any atom is -0.492 e. The van der Waals surface area contributed by atoms with Crippen molar-refractivity contribution < 1.29 is 17.9 Å². The highest BCUT2D eigenvalue weighted by atomic mass is 79.9. The summed E-state index contributed by atoms with van der Waals surface area (Å²) in [5.74, 6) is 0.0267. The monoisotopic (exact) mass is 615 g/mol. The van der Waals surface area contributed by atoms with Gasteiger partial charge in [0.1, 0.15) is 5.75 Å². The Hall–Kier alpha value is -2.79. The molecule has 0 heterocycles. The lowest BCUT2D eigenvalue weighted by molar-refractivity contribution is 0.0973. The molecule has 1 saturated carbocycles. The van der Waals surface area contributed by atoms with Gasteiger partial charge in [-0.2, -0.15) is 0 Å². The Morgan fingerprint density at radius 2 is 1.68 bits per heavy atom. The Labute approximate surface area is 237 Å². The van der Waals surface area contributed by atoms with Crippen LogP contribution in [0.4, 0.5) is 5.69 Å². The first-order valence-corrected chi connectivity index (χ1v) is 15.2. The van der Waals surface area contributed by atoms with Crippen LogP contribution in [0.5, 0.6) is 5.75 Å². The lowest BCUT2D eigenvalue weighted by Gasteiger charge is -2.22. The van der Waals surface area contributed by atoms with Crippen molar-refractivity contribution in [3.63, 3.8) is 0 Å². The molecule has 200 valence electrons. The molecule has 7 nitrogen and oxygen atoms in total. The zero-order chi connectivity index (χ0) is 27.0. The van der Waals surface area contributed by atoms with E-state index >= 15 is 0 Å². The largest absolute Gasteiger partial charge is 0.492 e. The van der Waals surface area contributed by atoms with Gasteiger partial charge in [0.05, 0.1) is 17.1 Å². The van der Waals surface area contributed by atoms with Crippen LogP contribution in [0.15, 0.2) is 82.2 Å². The molecule has 0 aromatic heterocycles. The smallest absolute Gasteiger partial charge is 0.261 e.